The SMILES string of the molecule is CC1CCCC(N)(C(=O)N(C)CC2CCCOC2)C1. The van der Waals surface area contributed by atoms with Gasteiger partial charge >= 0.3 is 0 Å². The zero-order valence-corrected chi connectivity index (χ0v) is 12.4. The standard InChI is InChI=1S/C15H28N2O2/c1-12-5-3-7-15(16,9-12)14(18)17(2)10-13-6-4-8-19-11-13/h12-13H,3-11,16H2,1-2H3. The Labute approximate surface area is 116 Å². The van der Waals surface area contributed by atoms with Gasteiger partial charge in [0.2, 0.25) is 5.91 Å². The Morgan fingerprint density at radius 2 is 2.21 bits per heavy atom. The second kappa shape index (κ2) is 6.23. The normalized spacial score (nSPS) is 35.9. The highest BCUT2D eigenvalue weighted by molar-refractivity contribution is 5.86. The molecule has 0 aromatic carbocycles. The number of carbonyl (C=O) groups is 1. The van der Waals surface area contributed by atoms with Gasteiger partial charge in [0.05, 0.1) is 12.1 Å². The van der Waals surface area contributed by atoms with Crippen molar-refractivity contribution in [2.75, 3.05) is 26.8 Å². The Morgan fingerprint density at radius 3 is 2.84 bits per heavy atom. The van der Waals surface area contributed by atoms with Gasteiger partial charge in [-0.25, -0.2) is 0 Å². The van der Waals surface area contributed by atoms with Crippen molar-refractivity contribution in [1.29, 1.82) is 0 Å². The van der Waals surface area contributed by atoms with Gasteiger partial charge in [-0.3, -0.25) is 4.79 Å². The van der Waals surface area contributed by atoms with Crippen LogP contribution in [0.5, 0.6) is 0 Å². The summed E-state index contributed by atoms with van der Waals surface area (Å²) in [6.07, 6.45) is 6.21. The van der Waals surface area contributed by atoms with Gasteiger partial charge in [0.1, 0.15) is 0 Å². The minimum Gasteiger partial charge on any atom is -0.381 e. The van der Waals surface area contributed by atoms with Gasteiger partial charge in [-0.2, -0.15) is 0 Å². The van der Waals surface area contributed by atoms with Crippen LogP contribution in [0, 0.1) is 11.8 Å². The Hall–Kier alpha value is -0.610. The molecule has 0 radical (unpaired) electrons. The molecule has 3 atom stereocenters. The lowest BCUT2D eigenvalue weighted by Gasteiger charge is -2.39. The van der Waals surface area contributed by atoms with Gasteiger partial charge in [0.15, 0.2) is 0 Å². The number of amides is 1. The Balaban J connectivity index is 1.90. The number of ether oxygens (including phenoxy) is 1. The maximum atomic E-state index is 12.6. The summed E-state index contributed by atoms with van der Waals surface area (Å²) >= 11 is 0. The molecule has 2 aliphatic rings. The predicted molar refractivity (Wildman–Crippen MR) is 75.7 cm³/mol. The molecule has 4 nitrogen and oxygen atoms in total. The summed E-state index contributed by atoms with van der Waals surface area (Å²) in [4.78, 5) is 14.4. The van der Waals surface area contributed by atoms with Crippen LogP contribution >= 0.6 is 0 Å². The fraction of sp³-hybridized carbons (Fsp3) is 0.933. The highest BCUT2D eigenvalue weighted by atomic mass is 16.5. The molecular formula is C15H28N2O2. The number of hydrogen-bond donors (Lipinski definition) is 1. The molecule has 0 bridgehead atoms. The van der Waals surface area contributed by atoms with Crippen LogP contribution in [0.15, 0.2) is 0 Å². The molecule has 4 heteroatoms. The van der Waals surface area contributed by atoms with Gasteiger partial charge in [-0.1, -0.05) is 19.8 Å². The summed E-state index contributed by atoms with van der Waals surface area (Å²) in [5.41, 5.74) is 5.75. The summed E-state index contributed by atoms with van der Waals surface area (Å²) in [6.45, 7) is 4.63. The van der Waals surface area contributed by atoms with Crippen molar-refractivity contribution in [3.63, 3.8) is 0 Å². The smallest absolute Gasteiger partial charge is 0.242 e. The molecule has 19 heavy (non-hydrogen) atoms. The van der Waals surface area contributed by atoms with Crippen molar-refractivity contribution in [2.45, 2.75) is 51.0 Å². The zero-order valence-electron chi connectivity index (χ0n) is 12.4. The van der Waals surface area contributed by atoms with Gasteiger partial charge in [-0.15, -0.1) is 0 Å². The molecule has 2 rings (SSSR count). The first-order valence-electron chi connectivity index (χ1n) is 7.63. The van der Waals surface area contributed by atoms with E-state index in [4.69, 9.17) is 10.5 Å². The number of carbonyl (C=O) groups excluding carboxylic acids is 1. The van der Waals surface area contributed by atoms with Crippen molar-refractivity contribution in [3.8, 4) is 0 Å². The molecule has 1 amide bonds. The van der Waals surface area contributed by atoms with Crippen molar-refractivity contribution in [1.82, 2.24) is 4.90 Å². The highest BCUT2D eigenvalue weighted by Crippen LogP contribution is 2.32. The number of nitrogens with two attached hydrogens (primary N) is 1. The summed E-state index contributed by atoms with van der Waals surface area (Å²) in [5, 5.41) is 0. The predicted octanol–water partition coefficient (Wildman–Crippen LogP) is 1.78. The molecule has 1 heterocycles. The van der Waals surface area contributed by atoms with Crippen molar-refractivity contribution < 1.29 is 9.53 Å². The van der Waals surface area contributed by atoms with Gasteiger partial charge in [0, 0.05) is 20.2 Å². The molecule has 1 aliphatic heterocycles. The van der Waals surface area contributed by atoms with Crippen LogP contribution in [0.2, 0.25) is 0 Å². The molecule has 0 aromatic rings. The highest BCUT2D eigenvalue weighted by Gasteiger charge is 2.40. The van der Waals surface area contributed by atoms with E-state index in [1.165, 1.54) is 6.42 Å². The molecule has 2 fully saturated rings. The molecule has 0 aromatic heterocycles. The van der Waals surface area contributed by atoms with E-state index in [0.717, 1.165) is 51.9 Å². The minimum atomic E-state index is -0.623. The fourth-order valence-electron chi connectivity index (χ4n) is 3.59. The molecule has 1 aliphatic carbocycles. The van der Waals surface area contributed by atoms with Crippen LogP contribution < -0.4 is 5.73 Å². The summed E-state index contributed by atoms with van der Waals surface area (Å²) in [7, 11) is 1.89. The molecule has 1 saturated heterocycles. The number of likely N-dealkylation sites (N-methyl/N-ethyl adjacent to an activating group) is 1. The van der Waals surface area contributed by atoms with E-state index in [2.05, 4.69) is 6.92 Å². The molecule has 0 spiro atoms. The third-order valence-electron chi connectivity index (χ3n) is 4.59. The maximum Gasteiger partial charge on any atom is 0.242 e. The van der Waals surface area contributed by atoms with Crippen LogP contribution in [0.3, 0.4) is 0 Å². The second-order valence-electron chi connectivity index (χ2n) is 6.63. The Morgan fingerprint density at radius 1 is 1.42 bits per heavy atom. The Bertz CT molecular complexity index is 315. The third kappa shape index (κ3) is 3.69. The van der Waals surface area contributed by atoms with Crippen LogP contribution in [0.25, 0.3) is 0 Å². The average Bonchev–Trinajstić information content (AvgIpc) is 2.38. The van der Waals surface area contributed by atoms with E-state index in [1.807, 2.05) is 11.9 Å². The quantitative estimate of drug-likeness (QED) is 0.849. The molecule has 110 valence electrons. The second-order valence-corrected chi connectivity index (χ2v) is 6.63. The molecule has 2 N–H and O–H groups in total. The van der Waals surface area contributed by atoms with E-state index in [-0.39, 0.29) is 5.91 Å². The van der Waals surface area contributed by atoms with Crippen molar-refractivity contribution >= 4 is 5.91 Å². The van der Waals surface area contributed by atoms with Crippen LogP contribution in [0.4, 0.5) is 0 Å². The number of nitrogens with zero attached hydrogens (tertiary/aromatic N) is 1. The lowest BCUT2D eigenvalue weighted by molar-refractivity contribution is -0.138. The van der Waals surface area contributed by atoms with Crippen LogP contribution in [-0.4, -0.2) is 43.2 Å². The fourth-order valence-corrected chi connectivity index (χ4v) is 3.59. The van der Waals surface area contributed by atoms with Crippen molar-refractivity contribution in [2.24, 2.45) is 17.6 Å². The van der Waals surface area contributed by atoms with E-state index in [0.29, 0.717) is 11.8 Å². The number of hydrogen-bond acceptors (Lipinski definition) is 3. The number of rotatable bonds is 3. The molecule has 3 unspecified atom stereocenters. The first kappa shape index (κ1) is 14.8. The van der Waals surface area contributed by atoms with Gasteiger partial charge in [0.25, 0.3) is 0 Å². The Kier molecular flexibility index (Phi) is 4.85. The van der Waals surface area contributed by atoms with Crippen LogP contribution in [0.1, 0.15) is 45.4 Å². The van der Waals surface area contributed by atoms with Crippen molar-refractivity contribution in [3.05, 3.63) is 0 Å². The summed E-state index contributed by atoms with van der Waals surface area (Å²) < 4.78 is 5.48. The van der Waals surface area contributed by atoms with E-state index in [9.17, 15) is 4.79 Å². The van der Waals surface area contributed by atoms with Crippen LogP contribution in [-0.2, 0) is 9.53 Å². The maximum absolute atomic E-state index is 12.6. The van der Waals surface area contributed by atoms with E-state index in [1.54, 1.807) is 0 Å². The lowest BCUT2D eigenvalue weighted by atomic mass is 9.76. The summed E-state index contributed by atoms with van der Waals surface area (Å²) in [5.74, 6) is 1.17. The lowest BCUT2D eigenvalue weighted by Crippen LogP contribution is -2.57. The third-order valence-corrected chi connectivity index (χ3v) is 4.59. The largest absolute Gasteiger partial charge is 0.381 e. The average molecular weight is 268 g/mol. The summed E-state index contributed by atoms with van der Waals surface area (Å²) in [6, 6.07) is 0. The topological polar surface area (TPSA) is 55.6 Å². The van der Waals surface area contributed by atoms with Gasteiger partial charge < -0.3 is 15.4 Å². The first-order chi connectivity index (χ1) is 9.01. The molecule has 1 saturated carbocycles. The van der Waals surface area contributed by atoms with Gasteiger partial charge in [-0.05, 0) is 37.5 Å². The molecular weight excluding hydrogens is 240 g/mol. The first-order valence-corrected chi connectivity index (χ1v) is 7.63. The monoisotopic (exact) mass is 268 g/mol. The van der Waals surface area contributed by atoms with E-state index >= 15 is 0 Å². The zero-order chi connectivity index (χ0) is 13.9. The minimum absolute atomic E-state index is 0.129. The van der Waals surface area contributed by atoms with E-state index < -0.39 is 5.54 Å².